The van der Waals surface area contributed by atoms with Crippen molar-refractivity contribution in [1.29, 1.82) is 0 Å². The minimum atomic E-state index is 0.112. The second-order valence-electron chi connectivity index (χ2n) is 8.34. The zero-order chi connectivity index (χ0) is 23.5. The normalized spacial score (nSPS) is 13.8. The van der Waals surface area contributed by atoms with E-state index in [2.05, 4.69) is 20.0 Å². The second-order valence-corrected chi connectivity index (χ2v) is 8.34. The molecule has 2 aromatic carbocycles. The van der Waals surface area contributed by atoms with E-state index in [1.807, 2.05) is 78.5 Å². The predicted molar refractivity (Wildman–Crippen MR) is 131 cm³/mol. The first kappa shape index (κ1) is 21.7. The molecule has 3 heterocycles. The Morgan fingerprint density at radius 3 is 2.41 bits per heavy atom. The van der Waals surface area contributed by atoms with Crippen molar-refractivity contribution in [2.24, 2.45) is 7.05 Å². The molecule has 4 aromatic rings. The smallest absolute Gasteiger partial charge is 0.242 e. The van der Waals surface area contributed by atoms with E-state index < -0.39 is 0 Å². The number of anilines is 2. The molecule has 0 bridgehead atoms. The van der Waals surface area contributed by atoms with E-state index in [1.54, 1.807) is 17.2 Å². The molecular formula is C25H27N7O2. The number of carbonyl (C=O) groups excluding carboxylic acids is 1. The summed E-state index contributed by atoms with van der Waals surface area (Å²) in [7, 11) is 3.80. The fourth-order valence-corrected chi connectivity index (χ4v) is 4.16. The van der Waals surface area contributed by atoms with Gasteiger partial charge in [-0.1, -0.05) is 18.2 Å². The Hall–Kier alpha value is -4.14. The molecule has 9 heteroatoms. The number of aryl methyl sites for hydroxylation is 1. The molecule has 1 aliphatic heterocycles. The fourth-order valence-electron chi connectivity index (χ4n) is 4.16. The van der Waals surface area contributed by atoms with Crippen LogP contribution in [0.25, 0.3) is 11.0 Å². The van der Waals surface area contributed by atoms with E-state index in [-0.39, 0.29) is 5.91 Å². The monoisotopic (exact) mass is 457 g/mol. The van der Waals surface area contributed by atoms with E-state index in [9.17, 15) is 4.79 Å². The lowest BCUT2D eigenvalue weighted by atomic mass is 10.2. The van der Waals surface area contributed by atoms with Gasteiger partial charge in [0.05, 0.1) is 18.1 Å². The van der Waals surface area contributed by atoms with Crippen LogP contribution < -0.4 is 14.5 Å². The SMILES string of the molecule is CN(CC(=O)N1CCN(c2ncnc3c2cnn3C)CC1)c1ccc(Oc2ccccc2)cc1. The number of likely N-dealkylation sites (N-methyl/N-ethyl adjacent to an activating group) is 1. The van der Waals surface area contributed by atoms with Crippen LogP contribution in [0.1, 0.15) is 0 Å². The first-order valence-corrected chi connectivity index (χ1v) is 11.3. The molecule has 0 radical (unpaired) electrons. The van der Waals surface area contributed by atoms with Gasteiger partial charge in [-0.3, -0.25) is 9.48 Å². The van der Waals surface area contributed by atoms with Crippen molar-refractivity contribution in [3.05, 3.63) is 67.1 Å². The Morgan fingerprint density at radius 1 is 0.971 bits per heavy atom. The number of hydrogen-bond acceptors (Lipinski definition) is 7. The lowest BCUT2D eigenvalue weighted by molar-refractivity contribution is -0.129. The van der Waals surface area contributed by atoms with Crippen molar-refractivity contribution in [3.63, 3.8) is 0 Å². The van der Waals surface area contributed by atoms with Crippen LogP contribution in [0.4, 0.5) is 11.5 Å². The van der Waals surface area contributed by atoms with Gasteiger partial charge in [0, 0.05) is 46.0 Å². The molecule has 1 aliphatic rings. The van der Waals surface area contributed by atoms with E-state index in [0.29, 0.717) is 19.6 Å². The number of ether oxygens (including phenoxy) is 1. The van der Waals surface area contributed by atoms with Crippen LogP contribution >= 0.6 is 0 Å². The number of carbonyl (C=O) groups is 1. The Kier molecular flexibility index (Phi) is 5.99. The average Bonchev–Trinajstić information content (AvgIpc) is 3.26. The summed E-state index contributed by atoms with van der Waals surface area (Å²) in [6.45, 7) is 3.08. The molecular weight excluding hydrogens is 430 g/mol. The summed E-state index contributed by atoms with van der Waals surface area (Å²) in [5, 5.41) is 5.23. The predicted octanol–water partition coefficient (Wildman–Crippen LogP) is 2.94. The number of nitrogens with zero attached hydrogens (tertiary/aromatic N) is 7. The van der Waals surface area contributed by atoms with E-state index in [0.717, 1.165) is 47.1 Å². The third kappa shape index (κ3) is 4.50. The van der Waals surface area contributed by atoms with Gasteiger partial charge in [-0.2, -0.15) is 5.10 Å². The number of amides is 1. The fraction of sp³-hybridized carbons (Fsp3) is 0.280. The highest BCUT2D eigenvalue weighted by molar-refractivity contribution is 5.87. The molecule has 1 amide bonds. The van der Waals surface area contributed by atoms with Crippen LogP contribution in [0.3, 0.4) is 0 Å². The third-order valence-electron chi connectivity index (χ3n) is 6.07. The maximum absolute atomic E-state index is 13.0. The molecule has 0 unspecified atom stereocenters. The van der Waals surface area contributed by atoms with Gasteiger partial charge in [-0.05, 0) is 36.4 Å². The van der Waals surface area contributed by atoms with Crippen molar-refractivity contribution in [2.75, 3.05) is 49.6 Å². The number of aromatic nitrogens is 4. The summed E-state index contributed by atoms with van der Waals surface area (Å²) in [6.07, 6.45) is 3.37. The Bertz CT molecular complexity index is 1270. The van der Waals surface area contributed by atoms with Gasteiger partial charge in [0.25, 0.3) is 0 Å². The van der Waals surface area contributed by atoms with Crippen LogP contribution in [-0.4, -0.2) is 70.3 Å². The van der Waals surface area contributed by atoms with Gasteiger partial charge < -0.3 is 19.4 Å². The van der Waals surface area contributed by atoms with Gasteiger partial charge in [0.2, 0.25) is 5.91 Å². The lowest BCUT2D eigenvalue weighted by Gasteiger charge is -2.36. The highest BCUT2D eigenvalue weighted by Gasteiger charge is 2.24. The molecule has 5 rings (SSSR count). The zero-order valence-electron chi connectivity index (χ0n) is 19.3. The molecule has 34 heavy (non-hydrogen) atoms. The third-order valence-corrected chi connectivity index (χ3v) is 6.07. The minimum absolute atomic E-state index is 0.112. The number of benzene rings is 2. The van der Waals surface area contributed by atoms with Crippen LogP contribution in [0, 0.1) is 0 Å². The Balaban J connectivity index is 1.16. The summed E-state index contributed by atoms with van der Waals surface area (Å²) in [4.78, 5) is 27.8. The van der Waals surface area contributed by atoms with Crippen LogP contribution in [0.2, 0.25) is 0 Å². The highest BCUT2D eigenvalue weighted by Crippen LogP contribution is 2.25. The Labute approximate surface area is 198 Å². The van der Waals surface area contributed by atoms with Crippen molar-refractivity contribution in [3.8, 4) is 11.5 Å². The highest BCUT2D eigenvalue weighted by atomic mass is 16.5. The summed E-state index contributed by atoms with van der Waals surface area (Å²) in [5.74, 6) is 2.54. The van der Waals surface area contributed by atoms with Crippen molar-refractivity contribution in [1.82, 2.24) is 24.6 Å². The number of hydrogen-bond donors (Lipinski definition) is 0. The average molecular weight is 458 g/mol. The van der Waals surface area contributed by atoms with E-state index in [4.69, 9.17) is 4.74 Å². The molecule has 0 N–H and O–H groups in total. The molecule has 1 fully saturated rings. The second kappa shape index (κ2) is 9.38. The summed E-state index contributed by atoms with van der Waals surface area (Å²) >= 11 is 0. The largest absolute Gasteiger partial charge is 0.457 e. The maximum atomic E-state index is 13.0. The zero-order valence-corrected chi connectivity index (χ0v) is 19.3. The van der Waals surface area contributed by atoms with E-state index >= 15 is 0 Å². The molecule has 0 spiro atoms. The van der Waals surface area contributed by atoms with Gasteiger partial charge >= 0.3 is 0 Å². The number of rotatable bonds is 6. The molecule has 0 atom stereocenters. The topological polar surface area (TPSA) is 79.6 Å². The van der Waals surface area contributed by atoms with Crippen molar-refractivity contribution >= 4 is 28.4 Å². The molecule has 1 saturated heterocycles. The summed E-state index contributed by atoms with van der Waals surface area (Å²) < 4.78 is 7.60. The van der Waals surface area contributed by atoms with Crippen molar-refractivity contribution in [2.45, 2.75) is 0 Å². The minimum Gasteiger partial charge on any atom is -0.457 e. The summed E-state index contributed by atoms with van der Waals surface area (Å²) in [6, 6.07) is 17.5. The van der Waals surface area contributed by atoms with Crippen LogP contribution in [0.5, 0.6) is 11.5 Å². The van der Waals surface area contributed by atoms with Gasteiger partial charge in [0.15, 0.2) is 5.65 Å². The standard InChI is InChI=1S/C25H27N7O2/c1-29(19-8-10-21(11-9-19)34-20-6-4-3-5-7-20)17-23(33)31-12-14-32(15-13-31)25-22-16-28-30(2)24(22)26-18-27-25/h3-11,16,18H,12-15,17H2,1-2H3. The number of piperazine rings is 1. The molecule has 0 aliphatic carbocycles. The van der Waals surface area contributed by atoms with Crippen LogP contribution in [-0.2, 0) is 11.8 Å². The molecule has 9 nitrogen and oxygen atoms in total. The van der Waals surface area contributed by atoms with Crippen molar-refractivity contribution < 1.29 is 9.53 Å². The lowest BCUT2D eigenvalue weighted by Crippen LogP contribution is -2.51. The summed E-state index contributed by atoms with van der Waals surface area (Å²) in [5.41, 5.74) is 1.78. The molecule has 0 saturated carbocycles. The van der Waals surface area contributed by atoms with Crippen LogP contribution in [0.15, 0.2) is 67.1 Å². The number of para-hydroxylation sites is 1. The first-order chi connectivity index (χ1) is 16.6. The Morgan fingerprint density at radius 2 is 1.68 bits per heavy atom. The van der Waals surface area contributed by atoms with Gasteiger partial charge in [-0.25, -0.2) is 9.97 Å². The quantitative estimate of drug-likeness (QED) is 0.440. The maximum Gasteiger partial charge on any atom is 0.242 e. The molecule has 2 aromatic heterocycles. The van der Waals surface area contributed by atoms with E-state index in [1.165, 1.54) is 0 Å². The molecule has 174 valence electrons. The van der Waals surface area contributed by atoms with Gasteiger partial charge in [-0.15, -0.1) is 0 Å². The number of fused-ring (bicyclic) bond motifs is 1. The first-order valence-electron chi connectivity index (χ1n) is 11.3. The van der Waals surface area contributed by atoms with Gasteiger partial charge in [0.1, 0.15) is 23.6 Å².